The van der Waals surface area contributed by atoms with Crippen LogP contribution in [0.15, 0.2) is 42.6 Å². The Kier molecular flexibility index (Phi) is 3.95. The summed E-state index contributed by atoms with van der Waals surface area (Å²) in [7, 11) is 1.56. The predicted molar refractivity (Wildman–Crippen MR) is 80.2 cm³/mol. The smallest absolute Gasteiger partial charge is 0.242 e. The van der Waals surface area contributed by atoms with E-state index in [9.17, 15) is 4.79 Å². The molecule has 0 saturated carbocycles. The lowest BCUT2D eigenvalue weighted by atomic mass is 10.3. The van der Waals surface area contributed by atoms with Gasteiger partial charge in [-0.15, -0.1) is 5.10 Å². The molecule has 0 bridgehead atoms. The van der Waals surface area contributed by atoms with Crippen LogP contribution in [0.25, 0.3) is 11.0 Å². The lowest BCUT2D eigenvalue weighted by Gasteiger charge is -2.06. The van der Waals surface area contributed by atoms with Crippen LogP contribution in [-0.2, 0) is 17.9 Å². The molecule has 0 radical (unpaired) electrons. The van der Waals surface area contributed by atoms with Crippen molar-refractivity contribution in [3.8, 4) is 5.88 Å². The summed E-state index contributed by atoms with van der Waals surface area (Å²) in [5.41, 5.74) is 2.51. The van der Waals surface area contributed by atoms with Crippen LogP contribution in [-0.4, -0.2) is 33.0 Å². The molecule has 0 unspecified atom stereocenters. The third-order valence-electron chi connectivity index (χ3n) is 3.21. The van der Waals surface area contributed by atoms with Crippen molar-refractivity contribution < 1.29 is 9.53 Å². The molecule has 0 aliphatic carbocycles. The van der Waals surface area contributed by atoms with Gasteiger partial charge in [-0.2, -0.15) is 0 Å². The van der Waals surface area contributed by atoms with Crippen LogP contribution in [0.1, 0.15) is 5.56 Å². The van der Waals surface area contributed by atoms with Gasteiger partial charge in [0.15, 0.2) is 0 Å². The largest absolute Gasteiger partial charge is 0.481 e. The first-order valence-corrected chi connectivity index (χ1v) is 6.80. The van der Waals surface area contributed by atoms with Gasteiger partial charge in [-0.3, -0.25) is 4.79 Å². The van der Waals surface area contributed by atoms with Crippen molar-refractivity contribution in [1.82, 2.24) is 25.3 Å². The Morgan fingerprint density at radius 3 is 2.91 bits per heavy atom. The standard InChI is InChI=1S/C15H15N5O2/c1-22-15-7-6-11(9-17-15)8-16-14(21)10-20-13-5-3-2-4-12(13)18-19-20/h2-7,9H,8,10H2,1H3,(H,16,21). The van der Waals surface area contributed by atoms with Crippen molar-refractivity contribution >= 4 is 16.9 Å². The van der Waals surface area contributed by atoms with Crippen molar-refractivity contribution in [2.45, 2.75) is 13.1 Å². The number of carbonyl (C=O) groups excluding carboxylic acids is 1. The van der Waals surface area contributed by atoms with Gasteiger partial charge in [-0.1, -0.05) is 23.4 Å². The van der Waals surface area contributed by atoms with Crippen molar-refractivity contribution in [2.24, 2.45) is 0 Å². The minimum atomic E-state index is -0.133. The van der Waals surface area contributed by atoms with E-state index in [1.807, 2.05) is 30.3 Å². The first-order chi connectivity index (χ1) is 10.8. The minimum absolute atomic E-state index is 0.129. The molecule has 3 aromatic rings. The zero-order valence-electron chi connectivity index (χ0n) is 12.1. The molecular weight excluding hydrogens is 282 g/mol. The number of para-hydroxylation sites is 1. The summed E-state index contributed by atoms with van der Waals surface area (Å²) in [5.74, 6) is 0.413. The maximum absolute atomic E-state index is 12.0. The van der Waals surface area contributed by atoms with Crippen LogP contribution in [0, 0.1) is 0 Å². The Labute approximate surface area is 126 Å². The predicted octanol–water partition coefficient (Wildman–Crippen LogP) is 1.15. The average molecular weight is 297 g/mol. The SMILES string of the molecule is COc1ccc(CNC(=O)Cn2nnc3ccccc32)cn1. The molecule has 1 aromatic carbocycles. The number of amides is 1. The highest BCUT2D eigenvalue weighted by Gasteiger charge is 2.08. The number of benzene rings is 1. The van der Waals surface area contributed by atoms with Gasteiger partial charge in [0.2, 0.25) is 11.8 Å². The quantitative estimate of drug-likeness (QED) is 0.764. The Bertz CT molecular complexity index is 782. The van der Waals surface area contributed by atoms with Gasteiger partial charge >= 0.3 is 0 Å². The Morgan fingerprint density at radius 2 is 2.14 bits per heavy atom. The number of methoxy groups -OCH3 is 1. The second-order valence-corrected chi connectivity index (χ2v) is 4.72. The van der Waals surface area contributed by atoms with Crippen molar-refractivity contribution in [1.29, 1.82) is 0 Å². The van der Waals surface area contributed by atoms with Crippen LogP contribution >= 0.6 is 0 Å². The Hall–Kier alpha value is -2.96. The minimum Gasteiger partial charge on any atom is -0.481 e. The zero-order chi connectivity index (χ0) is 15.4. The van der Waals surface area contributed by atoms with E-state index in [-0.39, 0.29) is 12.5 Å². The molecular formula is C15H15N5O2. The summed E-state index contributed by atoms with van der Waals surface area (Å²) in [5, 5.41) is 10.8. The number of rotatable bonds is 5. The van der Waals surface area contributed by atoms with E-state index in [2.05, 4.69) is 20.6 Å². The maximum atomic E-state index is 12.0. The number of hydrogen-bond donors (Lipinski definition) is 1. The fraction of sp³-hybridized carbons (Fsp3) is 0.200. The molecule has 22 heavy (non-hydrogen) atoms. The molecule has 0 fully saturated rings. The molecule has 0 aliphatic heterocycles. The topological polar surface area (TPSA) is 81.9 Å². The summed E-state index contributed by atoms with van der Waals surface area (Å²) < 4.78 is 6.57. The molecule has 0 spiro atoms. The Morgan fingerprint density at radius 1 is 1.27 bits per heavy atom. The van der Waals surface area contributed by atoms with E-state index in [0.717, 1.165) is 16.6 Å². The molecule has 7 nitrogen and oxygen atoms in total. The number of ether oxygens (including phenoxy) is 1. The fourth-order valence-corrected chi connectivity index (χ4v) is 2.06. The van der Waals surface area contributed by atoms with E-state index in [4.69, 9.17) is 4.74 Å². The monoisotopic (exact) mass is 297 g/mol. The molecule has 112 valence electrons. The third kappa shape index (κ3) is 3.03. The van der Waals surface area contributed by atoms with Gasteiger partial charge in [-0.25, -0.2) is 9.67 Å². The zero-order valence-corrected chi connectivity index (χ0v) is 12.1. The number of fused-ring (bicyclic) bond motifs is 1. The molecule has 3 rings (SSSR count). The van der Waals surface area contributed by atoms with E-state index >= 15 is 0 Å². The molecule has 1 amide bonds. The molecule has 0 atom stereocenters. The van der Waals surface area contributed by atoms with Gasteiger partial charge < -0.3 is 10.1 Å². The number of aromatic nitrogens is 4. The Balaban J connectivity index is 1.60. The van der Waals surface area contributed by atoms with E-state index in [0.29, 0.717) is 12.4 Å². The second-order valence-electron chi connectivity index (χ2n) is 4.72. The molecule has 0 aliphatic rings. The van der Waals surface area contributed by atoms with Gasteiger partial charge in [-0.05, 0) is 17.7 Å². The van der Waals surface area contributed by atoms with Gasteiger partial charge in [0.25, 0.3) is 0 Å². The van der Waals surface area contributed by atoms with E-state index in [1.165, 1.54) is 0 Å². The fourth-order valence-electron chi connectivity index (χ4n) is 2.06. The molecule has 0 saturated heterocycles. The van der Waals surface area contributed by atoms with Crippen molar-refractivity contribution in [2.75, 3.05) is 7.11 Å². The van der Waals surface area contributed by atoms with Crippen LogP contribution in [0.5, 0.6) is 5.88 Å². The summed E-state index contributed by atoms with van der Waals surface area (Å²) in [6, 6.07) is 11.1. The lowest BCUT2D eigenvalue weighted by Crippen LogP contribution is -2.27. The summed E-state index contributed by atoms with van der Waals surface area (Å²) in [6.45, 7) is 0.534. The number of nitrogens with one attached hydrogen (secondary N) is 1. The van der Waals surface area contributed by atoms with Gasteiger partial charge in [0, 0.05) is 18.8 Å². The second kappa shape index (κ2) is 6.21. The maximum Gasteiger partial charge on any atom is 0.242 e. The highest BCUT2D eigenvalue weighted by molar-refractivity contribution is 5.79. The first-order valence-electron chi connectivity index (χ1n) is 6.80. The number of nitrogens with zero attached hydrogens (tertiary/aromatic N) is 4. The number of pyridine rings is 1. The number of hydrogen-bond acceptors (Lipinski definition) is 5. The van der Waals surface area contributed by atoms with E-state index in [1.54, 1.807) is 24.1 Å². The van der Waals surface area contributed by atoms with E-state index < -0.39 is 0 Å². The molecule has 2 heterocycles. The van der Waals surface area contributed by atoms with Gasteiger partial charge in [0.05, 0.1) is 12.6 Å². The van der Waals surface area contributed by atoms with Gasteiger partial charge in [0.1, 0.15) is 12.1 Å². The first kappa shape index (κ1) is 14.0. The summed E-state index contributed by atoms with van der Waals surface area (Å²) >= 11 is 0. The summed E-state index contributed by atoms with van der Waals surface area (Å²) in [4.78, 5) is 16.1. The highest BCUT2D eigenvalue weighted by Crippen LogP contribution is 2.09. The number of carbonyl (C=O) groups is 1. The van der Waals surface area contributed by atoms with Crippen molar-refractivity contribution in [3.63, 3.8) is 0 Å². The summed E-state index contributed by atoms with van der Waals surface area (Å²) in [6.07, 6.45) is 1.67. The molecule has 1 N–H and O–H groups in total. The highest BCUT2D eigenvalue weighted by atomic mass is 16.5. The van der Waals surface area contributed by atoms with Crippen LogP contribution in [0.2, 0.25) is 0 Å². The average Bonchev–Trinajstić information content (AvgIpc) is 2.97. The lowest BCUT2D eigenvalue weighted by molar-refractivity contribution is -0.121. The van der Waals surface area contributed by atoms with Crippen LogP contribution in [0.3, 0.4) is 0 Å². The van der Waals surface area contributed by atoms with Crippen LogP contribution < -0.4 is 10.1 Å². The van der Waals surface area contributed by atoms with Crippen LogP contribution in [0.4, 0.5) is 0 Å². The molecule has 7 heteroatoms. The normalized spacial score (nSPS) is 10.6. The molecule has 2 aromatic heterocycles. The van der Waals surface area contributed by atoms with Crippen molar-refractivity contribution in [3.05, 3.63) is 48.2 Å². The third-order valence-corrected chi connectivity index (χ3v) is 3.21.